The highest BCUT2D eigenvalue weighted by atomic mass is 79.9. The van der Waals surface area contributed by atoms with Gasteiger partial charge >= 0.3 is 0 Å². The molecule has 1 saturated heterocycles. The van der Waals surface area contributed by atoms with Gasteiger partial charge in [-0.05, 0) is 30.2 Å². The zero-order valence-corrected chi connectivity index (χ0v) is 10.6. The molecule has 0 N–H and O–H groups in total. The van der Waals surface area contributed by atoms with Crippen molar-refractivity contribution < 1.29 is 4.74 Å². The molecule has 2 nitrogen and oxygen atoms in total. The van der Waals surface area contributed by atoms with Gasteiger partial charge in [0.15, 0.2) is 0 Å². The standard InChI is InChI=1S/C12H16BrNO/c1-2-10-9-11(13)3-4-12(10)14-5-7-15-8-6-14/h3-4,9H,2,5-8H2,1H3. The van der Waals surface area contributed by atoms with Crippen LogP contribution in [-0.2, 0) is 11.2 Å². The fourth-order valence-corrected chi connectivity index (χ4v) is 2.36. The van der Waals surface area contributed by atoms with Crippen molar-refractivity contribution in [3.8, 4) is 0 Å². The predicted molar refractivity (Wildman–Crippen MR) is 66.6 cm³/mol. The Morgan fingerprint density at radius 3 is 2.73 bits per heavy atom. The second-order valence-corrected chi connectivity index (χ2v) is 4.64. The maximum atomic E-state index is 5.37. The van der Waals surface area contributed by atoms with E-state index in [1.54, 1.807) is 0 Å². The highest BCUT2D eigenvalue weighted by molar-refractivity contribution is 9.10. The number of hydrogen-bond acceptors (Lipinski definition) is 2. The van der Waals surface area contributed by atoms with Crippen LogP contribution in [0.25, 0.3) is 0 Å². The van der Waals surface area contributed by atoms with Crippen LogP contribution in [0, 0.1) is 0 Å². The summed E-state index contributed by atoms with van der Waals surface area (Å²) in [5.74, 6) is 0. The van der Waals surface area contributed by atoms with Crippen LogP contribution in [0.1, 0.15) is 12.5 Å². The van der Waals surface area contributed by atoms with Crippen molar-refractivity contribution in [3.63, 3.8) is 0 Å². The molecule has 1 heterocycles. The lowest BCUT2D eigenvalue weighted by Crippen LogP contribution is -2.36. The van der Waals surface area contributed by atoms with Gasteiger partial charge in [-0.15, -0.1) is 0 Å². The second-order valence-electron chi connectivity index (χ2n) is 3.73. The van der Waals surface area contributed by atoms with Crippen molar-refractivity contribution in [2.45, 2.75) is 13.3 Å². The van der Waals surface area contributed by atoms with Gasteiger partial charge in [-0.3, -0.25) is 0 Å². The molecule has 1 aromatic rings. The van der Waals surface area contributed by atoms with Crippen LogP contribution in [0.5, 0.6) is 0 Å². The first-order valence-corrected chi connectivity index (χ1v) is 6.21. The number of benzene rings is 1. The number of rotatable bonds is 2. The normalized spacial score (nSPS) is 16.8. The fourth-order valence-electron chi connectivity index (χ4n) is 1.95. The molecule has 0 saturated carbocycles. The number of aryl methyl sites for hydroxylation is 1. The number of ether oxygens (including phenoxy) is 1. The van der Waals surface area contributed by atoms with Crippen molar-refractivity contribution in [1.29, 1.82) is 0 Å². The van der Waals surface area contributed by atoms with Crippen LogP contribution >= 0.6 is 15.9 Å². The molecular weight excluding hydrogens is 254 g/mol. The number of morpholine rings is 1. The maximum Gasteiger partial charge on any atom is 0.0642 e. The highest BCUT2D eigenvalue weighted by Gasteiger charge is 2.13. The van der Waals surface area contributed by atoms with E-state index in [0.29, 0.717) is 0 Å². The summed E-state index contributed by atoms with van der Waals surface area (Å²) < 4.78 is 6.53. The van der Waals surface area contributed by atoms with Gasteiger partial charge < -0.3 is 9.64 Å². The Balaban J connectivity index is 2.25. The molecule has 0 radical (unpaired) electrons. The van der Waals surface area contributed by atoms with Crippen LogP contribution in [0.3, 0.4) is 0 Å². The van der Waals surface area contributed by atoms with Crippen molar-refractivity contribution in [2.75, 3.05) is 31.2 Å². The summed E-state index contributed by atoms with van der Waals surface area (Å²) >= 11 is 3.52. The lowest BCUT2D eigenvalue weighted by Gasteiger charge is -2.30. The first-order chi connectivity index (χ1) is 7.31. The average molecular weight is 270 g/mol. The third kappa shape index (κ3) is 2.52. The summed E-state index contributed by atoms with van der Waals surface area (Å²) in [6.45, 7) is 5.91. The third-order valence-electron chi connectivity index (χ3n) is 2.77. The van der Waals surface area contributed by atoms with Gasteiger partial charge in [-0.2, -0.15) is 0 Å². The summed E-state index contributed by atoms with van der Waals surface area (Å²) in [6.07, 6.45) is 1.08. The van der Waals surface area contributed by atoms with E-state index in [4.69, 9.17) is 4.74 Å². The maximum absolute atomic E-state index is 5.37. The minimum Gasteiger partial charge on any atom is -0.378 e. The van der Waals surface area contributed by atoms with E-state index in [1.807, 2.05) is 0 Å². The molecule has 1 aliphatic rings. The molecule has 0 bridgehead atoms. The van der Waals surface area contributed by atoms with Gasteiger partial charge in [0.2, 0.25) is 0 Å². The minimum absolute atomic E-state index is 0.846. The van der Waals surface area contributed by atoms with E-state index in [2.05, 4.69) is 46.0 Å². The Bertz CT molecular complexity index is 334. The molecule has 1 aromatic carbocycles. The molecule has 0 aliphatic carbocycles. The zero-order chi connectivity index (χ0) is 10.7. The van der Waals surface area contributed by atoms with E-state index in [0.717, 1.165) is 37.2 Å². The minimum atomic E-state index is 0.846. The Morgan fingerprint density at radius 2 is 2.07 bits per heavy atom. The summed E-state index contributed by atoms with van der Waals surface area (Å²) in [6, 6.07) is 6.53. The van der Waals surface area contributed by atoms with Gasteiger partial charge in [0.1, 0.15) is 0 Å². The quantitative estimate of drug-likeness (QED) is 0.819. The van der Waals surface area contributed by atoms with Gasteiger partial charge in [-0.25, -0.2) is 0 Å². The predicted octanol–water partition coefficient (Wildman–Crippen LogP) is 2.85. The van der Waals surface area contributed by atoms with Crippen LogP contribution < -0.4 is 4.90 Å². The Hall–Kier alpha value is -0.540. The number of nitrogens with zero attached hydrogens (tertiary/aromatic N) is 1. The zero-order valence-electron chi connectivity index (χ0n) is 9.00. The van der Waals surface area contributed by atoms with Gasteiger partial charge in [0, 0.05) is 23.2 Å². The average Bonchev–Trinajstić information content (AvgIpc) is 2.30. The Morgan fingerprint density at radius 1 is 1.33 bits per heavy atom. The first kappa shape index (κ1) is 11.0. The summed E-state index contributed by atoms with van der Waals surface area (Å²) in [4.78, 5) is 2.41. The van der Waals surface area contributed by atoms with Crippen LogP contribution in [0.15, 0.2) is 22.7 Å². The number of anilines is 1. The van der Waals surface area contributed by atoms with E-state index in [1.165, 1.54) is 11.3 Å². The Labute approximate surface area is 99.4 Å². The molecule has 0 spiro atoms. The molecule has 2 rings (SSSR count). The van der Waals surface area contributed by atoms with E-state index < -0.39 is 0 Å². The van der Waals surface area contributed by atoms with E-state index in [-0.39, 0.29) is 0 Å². The third-order valence-corrected chi connectivity index (χ3v) is 3.27. The van der Waals surface area contributed by atoms with Crippen LogP contribution in [-0.4, -0.2) is 26.3 Å². The fraction of sp³-hybridized carbons (Fsp3) is 0.500. The second kappa shape index (κ2) is 4.99. The topological polar surface area (TPSA) is 12.5 Å². The molecule has 15 heavy (non-hydrogen) atoms. The SMILES string of the molecule is CCc1cc(Br)ccc1N1CCOCC1. The Kier molecular flexibility index (Phi) is 3.65. The molecule has 82 valence electrons. The lowest BCUT2D eigenvalue weighted by molar-refractivity contribution is 0.122. The first-order valence-electron chi connectivity index (χ1n) is 5.42. The molecular formula is C12H16BrNO. The van der Waals surface area contributed by atoms with Gasteiger partial charge in [-0.1, -0.05) is 22.9 Å². The summed E-state index contributed by atoms with van der Waals surface area (Å²) in [5.41, 5.74) is 2.77. The molecule has 0 amide bonds. The molecule has 1 aliphatic heterocycles. The molecule has 3 heteroatoms. The van der Waals surface area contributed by atoms with Crippen LogP contribution in [0.2, 0.25) is 0 Å². The van der Waals surface area contributed by atoms with Gasteiger partial charge in [0.05, 0.1) is 13.2 Å². The lowest BCUT2D eigenvalue weighted by atomic mass is 10.1. The van der Waals surface area contributed by atoms with Crippen molar-refractivity contribution in [2.24, 2.45) is 0 Å². The highest BCUT2D eigenvalue weighted by Crippen LogP contribution is 2.25. The number of halogens is 1. The number of hydrogen-bond donors (Lipinski definition) is 0. The molecule has 1 fully saturated rings. The summed E-state index contributed by atoms with van der Waals surface area (Å²) in [5, 5.41) is 0. The van der Waals surface area contributed by atoms with Crippen LogP contribution in [0.4, 0.5) is 5.69 Å². The van der Waals surface area contributed by atoms with Crippen molar-refractivity contribution >= 4 is 21.6 Å². The van der Waals surface area contributed by atoms with Gasteiger partial charge in [0.25, 0.3) is 0 Å². The van der Waals surface area contributed by atoms with Crippen molar-refractivity contribution in [3.05, 3.63) is 28.2 Å². The summed E-state index contributed by atoms with van der Waals surface area (Å²) in [7, 11) is 0. The monoisotopic (exact) mass is 269 g/mol. The van der Waals surface area contributed by atoms with E-state index >= 15 is 0 Å². The molecule has 0 aromatic heterocycles. The molecule has 0 unspecified atom stereocenters. The largest absolute Gasteiger partial charge is 0.378 e. The smallest absolute Gasteiger partial charge is 0.0642 e. The molecule has 0 atom stereocenters. The van der Waals surface area contributed by atoms with Crippen molar-refractivity contribution in [1.82, 2.24) is 0 Å². The van der Waals surface area contributed by atoms with E-state index in [9.17, 15) is 0 Å².